The first-order valence-electron chi connectivity index (χ1n) is 7.23. The molecule has 0 aliphatic carbocycles. The zero-order valence-corrected chi connectivity index (χ0v) is 13.5. The highest BCUT2D eigenvalue weighted by atomic mass is 32.1. The van der Waals surface area contributed by atoms with Gasteiger partial charge >= 0.3 is 0 Å². The van der Waals surface area contributed by atoms with E-state index < -0.39 is 0 Å². The number of aryl methyl sites for hydroxylation is 1. The molecule has 0 aliphatic rings. The molecule has 0 aliphatic heterocycles. The van der Waals surface area contributed by atoms with E-state index >= 15 is 0 Å². The minimum atomic E-state index is 0.962. The lowest BCUT2D eigenvalue weighted by molar-refractivity contribution is 0.675. The fourth-order valence-electron chi connectivity index (χ4n) is 2.41. The molecule has 1 aromatic carbocycles. The number of benzene rings is 1. The summed E-state index contributed by atoms with van der Waals surface area (Å²) in [4.78, 5) is 2.32. The van der Waals surface area contributed by atoms with Gasteiger partial charge in [0.2, 0.25) is 0 Å². The normalized spacial score (nSPS) is 10.8. The maximum Gasteiger partial charge on any atom is 0.0434 e. The Morgan fingerprint density at radius 3 is 2.70 bits per heavy atom. The minimum absolute atomic E-state index is 0.962. The van der Waals surface area contributed by atoms with Gasteiger partial charge in [-0.15, -0.1) is 0 Å². The molecular formula is C17H24N2S. The standard InChI is InChI=1S/C17H24N2S/c1-4-8-18-11-15-5-6-17(14(2)10-15)19(3)12-16-7-9-20-13-16/h5-7,9-10,13,18H,4,8,11-12H2,1-3H3. The molecule has 0 fully saturated rings. The number of nitrogens with zero attached hydrogens (tertiary/aromatic N) is 1. The Hall–Kier alpha value is -1.32. The molecule has 0 bridgehead atoms. The van der Waals surface area contributed by atoms with Crippen LogP contribution in [0.4, 0.5) is 5.69 Å². The van der Waals surface area contributed by atoms with Crippen LogP contribution in [0.15, 0.2) is 35.0 Å². The summed E-state index contributed by atoms with van der Waals surface area (Å²) in [6.45, 7) is 7.41. The molecule has 1 heterocycles. The molecule has 108 valence electrons. The van der Waals surface area contributed by atoms with Gasteiger partial charge < -0.3 is 10.2 Å². The predicted molar refractivity (Wildman–Crippen MR) is 89.6 cm³/mol. The van der Waals surface area contributed by atoms with Crippen LogP contribution in [-0.2, 0) is 13.1 Å². The van der Waals surface area contributed by atoms with Crippen molar-refractivity contribution in [2.45, 2.75) is 33.4 Å². The highest BCUT2D eigenvalue weighted by Gasteiger charge is 2.06. The number of rotatable bonds is 7. The van der Waals surface area contributed by atoms with Crippen LogP contribution >= 0.6 is 11.3 Å². The van der Waals surface area contributed by atoms with Crippen molar-refractivity contribution in [3.05, 3.63) is 51.7 Å². The van der Waals surface area contributed by atoms with Crippen LogP contribution in [-0.4, -0.2) is 13.6 Å². The van der Waals surface area contributed by atoms with Crippen molar-refractivity contribution in [3.63, 3.8) is 0 Å². The average Bonchev–Trinajstić information content (AvgIpc) is 2.92. The molecule has 1 aromatic heterocycles. The van der Waals surface area contributed by atoms with Gasteiger partial charge in [0.1, 0.15) is 0 Å². The van der Waals surface area contributed by atoms with Crippen LogP contribution in [0, 0.1) is 6.92 Å². The quantitative estimate of drug-likeness (QED) is 0.768. The highest BCUT2D eigenvalue weighted by molar-refractivity contribution is 7.07. The molecule has 0 unspecified atom stereocenters. The van der Waals surface area contributed by atoms with Gasteiger partial charge in [0.25, 0.3) is 0 Å². The monoisotopic (exact) mass is 288 g/mol. The molecule has 3 heteroatoms. The molecule has 2 aromatic rings. The van der Waals surface area contributed by atoms with Gasteiger partial charge in [-0.25, -0.2) is 0 Å². The molecule has 0 saturated heterocycles. The predicted octanol–water partition coefficient (Wildman–Crippen LogP) is 4.19. The largest absolute Gasteiger partial charge is 0.370 e. The number of nitrogens with one attached hydrogen (secondary N) is 1. The average molecular weight is 288 g/mol. The SMILES string of the molecule is CCCNCc1ccc(N(C)Cc2ccsc2)c(C)c1. The van der Waals surface area contributed by atoms with Gasteiger partial charge in [0, 0.05) is 25.8 Å². The molecule has 0 amide bonds. The van der Waals surface area contributed by atoms with Crippen molar-refractivity contribution in [2.75, 3.05) is 18.5 Å². The topological polar surface area (TPSA) is 15.3 Å². The maximum absolute atomic E-state index is 3.45. The maximum atomic E-state index is 3.45. The Kier molecular flexibility index (Phi) is 5.62. The minimum Gasteiger partial charge on any atom is -0.370 e. The molecule has 2 nitrogen and oxygen atoms in total. The van der Waals surface area contributed by atoms with Crippen molar-refractivity contribution < 1.29 is 0 Å². The first-order valence-corrected chi connectivity index (χ1v) is 8.17. The van der Waals surface area contributed by atoms with Gasteiger partial charge in [-0.3, -0.25) is 0 Å². The van der Waals surface area contributed by atoms with E-state index in [4.69, 9.17) is 0 Å². The van der Waals surface area contributed by atoms with Crippen LogP contribution in [0.1, 0.15) is 30.0 Å². The Balaban J connectivity index is 2.01. The first kappa shape index (κ1) is 15.1. The van der Waals surface area contributed by atoms with E-state index in [-0.39, 0.29) is 0 Å². The van der Waals surface area contributed by atoms with Gasteiger partial charge in [0.05, 0.1) is 0 Å². The molecule has 2 rings (SSSR count). The summed E-state index contributed by atoms with van der Waals surface area (Å²) >= 11 is 1.76. The summed E-state index contributed by atoms with van der Waals surface area (Å²) in [6.07, 6.45) is 1.18. The van der Waals surface area contributed by atoms with Crippen LogP contribution < -0.4 is 10.2 Å². The van der Waals surface area contributed by atoms with E-state index in [0.29, 0.717) is 0 Å². The third-order valence-corrected chi connectivity index (χ3v) is 4.16. The molecule has 0 saturated carbocycles. The Morgan fingerprint density at radius 2 is 2.05 bits per heavy atom. The molecule has 0 radical (unpaired) electrons. The smallest absolute Gasteiger partial charge is 0.0434 e. The van der Waals surface area contributed by atoms with Gasteiger partial charge in [0.15, 0.2) is 0 Å². The fraction of sp³-hybridized carbons (Fsp3) is 0.412. The van der Waals surface area contributed by atoms with Crippen LogP contribution in [0.3, 0.4) is 0 Å². The van der Waals surface area contributed by atoms with Crippen LogP contribution in [0.2, 0.25) is 0 Å². The number of hydrogen-bond donors (Lipinski definition) is 1. The van der Waals surface area contributed by atoms with E-state index in [2.05, 4.69) is 66.1 Å². The lowest BCUT2D eigenvalue weighted by Gasteiger charge is -2.21. The lowest BCUT2D eigenvalue weighted by Crippen LogP contribution is -2.18. The summed E-state index contributed by atoms with van der Waals surface area (Å²) in [5.41, 5.74) is 5.41. The van der Waals surface area contributed by atoms with Crippen molar-refractivity contribution in [2.24, 2.45) is 0 Å². The van der Waals surface area contributed by atoms with Crippen molar-refractivity contribution in [1.29, 1.82) is 0 Å². The fourth-order valence-corrected chi connectivity index (χ4v) is 3.07. The molecule has 1 N–H and O–H groups in total. The van der Waals surface area contributed by atoms with Crippen LogP contribution in [0.25, 0.3) is 0 Å². The summed E-state index contributed by atoms with van der Waals surface area (Å²) in [7, 11) is 2.16. The van der Waals surface area contributed by atoms with Gasteiger partial charge in [-0.2, -0.15) is 11.3 Å². The van der Waals surface area contributed by atoms with Crippen LogP contribution in [0.5, 0.6) is 0 Å². The lowest BCUT2D eigenvalue weighted by atomic mass is 10.1. The van der Waals surface area contributed by atoms with Gasteiger partial charge in [-0.1, -0.05) is 19.1 Å². The van der Waals surface area contributed by atoms with Crippen molar-refractivity contribution in [1.82, 2.24) is 5.32 Å². The van der Waals surface area contributed by atoms with Gasteiger partial charge in [-0.05, 0) is 59.5 Å². The Morgan fingerprint density at radius 1 is 1.20 bits per heavy atom. The molecule has 0 spiro atoms. The summed E-state index contributed by atoms with van der Waals surface area (Å²) < 4.78 is 0. The molecular weight excluding hydrogens is 264 g/mol. The zero-order chi connectivity index (χ0) is 14.4. The molecule has 0 atom stereocenters. The Bertz CT molecular complexity index is 520. The third-order valence-electron chi connectivity index (χ3n) is 3.43. The van der Waals surface area contributed by atoms with E-state index in [1.54, 1.807) is 11.3 Å². The number of anilines is 1. The highest BCUT2D eigenvalue weighted by Crippen LogP contribution is 2.22. The number of thiophene rings is 1. The first-order chi connectivity index (χ1) is 9.70. The summed E-state index contributed by atoms with van der Waals surface area (Å²) in [6, 6.07) is 8.96. The van der Waals surface area contributed by atoms with E-state index in [1.807, 2.05) is 0 Å². The Labute approximate surface area is 126 Å². The van der Waals surface area contributed by atoms with Crippen molar-refractivity contribution in [3.8, 4) is 0 Å². The van der Waals surface area contributed by atoms with E-state index in [9.17, 15) is 0 Å². The second kappa shape index (κ2) is 7.46. The molecule has 20 heavy (non-hydrogen) atoms. The zero-order valence-electron chi connectivity index (χ0n) is 12.6. The summed E-state index contributed by atoms with van der Waals surface area (Å²) in [5, 5.41) is 7.81. The number of hydrogen-bond acceptors (Lipinski definition) is 3. The third kappa shape index (κ3) is 4.09. The second-order valence-corrected chi connectivity index (χ2v) is 6.07. The van der Waals surface area contributed by atoms with E-state index in [0.717, 1.165) is 19.6 Å². The summed E-state index contributed by atoms with van der Waals surface area (Å²) in [5.74, 6) is 0. The second-order valence-electron chi connectivity index (χ2n) is 5.29. The van der Waals surface area contributed by atoms with E-state index in [1.165, 1.54) is 28.8 Å². The van der Waals surface area contributed by atoms with Crippen molar-refractivity contribution >= 4 is 17.0 Å².